The van der Waals surface area contributed by atoms with Gasteiger partial charge in [0.15, 0.2) is 0 Å². The molecule has 0 aliphatic carbocycles. The fraction of sp³-hybridized carbons (Fsp3) is 0.0800. The number of carbonyl (C=O) groups is 3. The largest absolute Gasteiger partial charge is 0.506 e. The molecule has 178 valence electrons. The lowest BCUT2D eigenvalue weighted by Crippen LogP contribution is -2.32. The van der Waals surface area contributed by atoms with Crippen molar-refractivity contribution in [2.24, 2.45) is 0 Å². The van der Waals surface area contributed by atoms with Crippen LogP contribution in [0.1, 0.15) is 17.3 Å². The second-order valence-electron chi connectivity index (χ2n) is 7.38. The molecule has 0 spiro atoms. The first kappa shape index (κ1) is 24.1. The highest BCUT2D eigenvalue weighted by atomic mass is 35.5. The van der Waals surface area contributed by atoms with Crippen molar-refractivity contribution in [3.63, 3.8) is 0 Å². The van der Waals surface area contributed by atoms with Crippen molar-refractivity contribution in [2.75, 3.05) is 22.1 Å². The molecular formula is C25H19Cl2N3O5. The molecule has 0 atom stereocenters. The van der Waals surface area contributed by atoms with Crippen molar-refractivity contribution in [3.8, 4) is 11.5 Å². The highest BCUT2D eigenvalue weighted by Crippen LogP contribution is 2.31. The Morgan fingerprint density at radius 2 is 1.66 bits per heavy atom. The number of phenols is 1. The van der Waals surface area contributed by atoms with E-state index in [0.29, 0.717) is 34.3 Å². The molecule has 0 fully saturated rings. The van der Waals surface area contributed by atoms with Crippen LogP contribution in [0.3, 0.4) is 0 Å². The van der Waals surface area contributed by atoms with Crippen LogP contribution < -0.4 is 20.3 Å². The van der Waals surface area contributed by atoms with Gasteiger partial charge in [0.1, 0.15) is 22.2 Å². The van der Waals surface area contributed by atoms with Crippen LogP contribution in [0.4, 0.5) is 17.1 Å². The van der Waals surface area contributed by atoms with E-state index in [1.54, 1.807) is 36.4 Å². The normalized spacial score (nSPS) is 13.3. The van der Waals surface area contributed by atoms with Crippen LogP contribution >= 0.6 is 23.2 Å². The molecule has 8 nitrogen and oxygen atoms in total. The monoisotopic (exact) mass is 511 g/mol. The summed E-state index contributed by atoms with van der Waals surface area (Å²) in [4.78, 5) is 39.1. The molecule has 10 heteroatoms. The Balaban J connectivity index is 1.47. The van der Waals surface area contributed by atoms with Crippen LogP contribution in [0.2, 0.25) is 5.02 Å². The van der Waals surface area contributed by atoms with Crippen molar-refractivity contribution < 1.29 is 24.2 Å². The molecule has 1 heterocycles. The van der Waals surface area contributed by atoms with Gasteiger partial charge < -0.3 is 20.5 Å². The van der Waals surface area contributed by atoms with E-state index in [1.165, 1.54) is 30.3 Å². The maximum absolute atomic E-state index is 13.0. The van der Waals surface area contributed by atoms with Crippen molar-refractivity contribution in [3.05, 3.63) is 88.0 Å². The third-order valence-electron chi connectivity index (χ3n) is 5.06. The summed E-state index contributed by atoms with van der Waals surface area (Å²) in [7, 11) is 0. The van der Waals surface area contributed by atoms with Gasteiger partial charge in [0.25, 0.3) is 17.7 Å². The summed E-state index contributed by atoms with van der Waals surface area (Å²) in [6, 6.07) is 17.0. The predicted molar refractivity (Wildman–Crippen MR) is 134 cm³/mol. The van der Waals surface area contributed by atoms with Gasteiger partial charge >= 0.3 is 0 Å². The summed E-state index contributed by atoms with van der Waals surface area (Å²) in [5.41, 5.74) is 1.18. The summed E-state index contributed by atoms with van der Waals surface area (Å²) in [6.07, 6.45) is 0. The topological polar surface area (TPSA) is 108 Å². The quantitative estimate of drug-likeness (QED) is 0.299. The minimum atomic E-state index is -0.652. The van der Waals surface area contributed by atoms with Crippen LogP contribution in [0.5, 0.6) is 11.5 Å². The number of ether oxygens (including phenoxy) is 1. The molecular weight excluding hydrogens is 493 g/mol. The Bertz CT molecular complexity index is 1340. The van der Waals surface area contributed by atoms with Gasteiger partial charge in [0.2, 0.25) is 0 Å². The van der Waals surface area contributed by atoms with E-state index in [-0.39, 0.29) is 22.2 Å². The molecule has 0 saturated heterocycles. The summed E-state index contributed by atoms with van der Waals surface area (Å²) in [5, 5.41) is 15.4. The van der Waals surface area contributed by atoms with Gasteiger partial charge in [-0.1, -0.05) is 23.2 Å². The Morgan fingerprint density at radius 3 is 2.31 bits per heavy atom. The van der Waals surface area contributed by atoms with Gasteiger partial charge in [0, 0.05) is 16.3 Å². The van der Waals surface area contributed by atoms with E-state index >= 15 is 0 Å². The van der Waals surface area contributed by atoms with Crippen molar-refractivity contribution >= 4 is 58.0 Å². The maximum Gasteiger partial charge on any atom is 0.283 e. The molecule has 4 rings (SSSR count). The Hall–Kier alpha value is -4.01. The highest BCUT2D eigenvalue weighted by molar-refractivity contribution is 6.53. The number of aromatic hydroxyl groups is 1. The lowest BCUT2D eigenvalue weighted by atomic mass is 10.1. The van der Waals surface area contributed by atoms with Gasteiger partial charge in [0.05, 0.1) is 18.0 Å². The molecule has 1 aliphatic heterocycles. The van der Waals surface area contributed by atoms with Crippen molar-refractivity contribution in [1.82, 2.24) is 0 Å². The second kappa shape index (κ2) is 10.1. The standard InChI is InChI=1S/C25H19Cl2N3O5/c1-2-35-18-10-8-17(9-11-18)30-24(33)21(27)22(25(30)34)28-16-6-3-14(4-7-16)23(32)29-19-13-15(26)5-12-20(19)31/h3-13,28,31H,2H2,1H3,(H,29,32). The Kier molecular flexibility index (Phi) is 6.95. The smallest absolute Gasteiger partial charge is 0.283 e. The van der Waals surface area contributed by atoms with Crippen LogP contribution in [-0.2, 0) is 9.59 Å². The first-order chi connectivity index (χ1) is 16.8. The molecule has 3 aromatic carbocycles. The number of nitrogens with zero attached hydrogens (tertiary/aromatic N) is 1. The molecule has 0 saturated carbocycles. The lowest BCUT2D eigenvalue weighted by Gasteiger charge is -2.15. The van der Waals surface area contributed by atoms with E-state index in [4.69, 9.17) is 27.9 Å². The summed E-state index contributed by atoms with van der Waals surface area (Å²) in [5.74, 6) is -1.24. The number of benzene rings is 3. The molecule has 0 unspecified atom stereocenters. The Morgan fingerprint density at radius 1 is 0.971 bits per heavy atom. The number of nitrogens with one attached hydrogen (secondary N) is 2. The first-order valence-corrected chi connectivity index (χ1v) is 11.2. The zero-order valence-electron chi connectivity index (χ0n) is 18.3. The average molecular weight is 512 g/mol. The number of phenolic OH excluding ortho intramolecular Hbond substituents is 1. The van der Waals surface area contributed by atoms with E-state index in [2.05, 4.69) is 10.6 Å². The van der Waals surface area contributed by atoms with E-state index < -0.39 is 17.7 Å². The molecule has 1 aliphatic rings. The first-order valence-electron chi connectivity index (χ1n) is 10.5. The molecule has 35 heavy (non-hydrogen) atoms. The second-order valence-corrected chi connectivity index (χ2v) is 8.19. The van der Waals surface area contributed by atoms with Gasteiger partial charge in [-0.25, -0.2) is 4.90 Å². The van der Waals surface area contributed by atoms with Gasteiger partial charge in [-0.05, 0) is 73.7 Å². The van der Waals surface area contributed by atoms with E-state index in [1.807, 2.05) is 6.92 Å². The van der Waals surface area contributed by atoms with E-state index in [9.17, 15) is 19.5 Å². The Labute approximate surface area is 210 Å². The molecule has 0 bridgehead atoms. The lowest BCUT2D eigenvalue weighted by molar-refractivity contribution is -0.120. The number of imide groups is 1. The van der Waals surface area contributed by atoms with Crippen LogP contribution in [0, 0.1) is 0 Å². The minimum Gasteiger partial charge on any atom is -0.506 e. The van der Waals surface area contributed by atoms with Crippen LogP contribution in [-0.4, -0.2) is 29.4 Å². The predicted octanol–water partition coefficient (Wildman–Crippen LogP) is 5.13. The average Bonchev–Trinajstić information content (AvgIpc) is 3.05. The minimum absolute atomic E-state index is 0.0772. The number of amides is 3. The fourth-order valence-electron chi connectivity index (χ4n) is 3.36. The van der Waals surface area contributed by atoms with Gasteiger partial charge in [-0.15, -0.1) is 0 Å². The van der Waals surface area contributed by atoms with Gasteiger partial charge in [-0.3, -0.25) is 14.4 Å². The molecule has 3 aromatic rings. The molecule has 3 amide bonds. The number of anilines is 3. The zero-order valence-corrected chi connectivity index (χ0v) is 19.9. The van der Waals surface area contributed by atoms with Gasteiger partial charge in [-0.2, -0.15) is 0 Å². The highest BCUT2D eigenvalue weighted by Gasteiger charge is 2.39. The fourth-order valence-corrected chi connectivity index (χ4v) is 3.74. The van der Waals surface area contributed by atoms with Crippen molar-refractivity contribution in [2.45, 2.75) is 6.92 Å². The summed E-state index contributed by atoms with van der Waals surface area (Å²) < 4.78 is 5.39. The third kappa shape index (κ3) is 5.08. The molecule has 0 aromatic heterocycles. The van der Waals surface area contributed by atoms with Crippen molar-refractivity contribution in [1.29, 1.82) is 0 Å². The van der Waals surface area contributed by atoms with E-state index in [0.717, 1.165) is 4.90 Å². The third-order valence-corrected chi connectivity index (χ3v) is 5.64. The molecule has 0 radical (unpaired) electrons. The van der Waals surface area contributed by atoms with Crippen LogP contribution in [0.25, 0.3) is 0 Å². The number of carbonyl (C=O) groups excluding carboxylic acids is 3. The summed E-state index contributed by atoms with van der Waals surface area (Å²) in [6.45, 7) is 2.35. The van der Waals surface area contributed by atoms with Crippen LogP contribution in [0.15, 0.2) is 77.5 Å². The number of hydrogen-bond acceptors (Lipinski definition) is 6. The number of halogens is 2. The maximum atomic E-state index is 13.0. The SMILES string of the molecule is CCOc1ccc(N2C(=O)C(Cl)=C(Nc3ccc(C(=O)Nc4cc(Cl)ccc4O)cc3)C2=O)cc1. The number of rotatable bonds is 7. The zero-order chi connectivity index (χ0) is 25.1. The molecule has 3 N–H and O–H groups in total. The summed E-state index contributed by atoms with van der Waals surface area (Å²) >= 11 is 12.1. The number of hydrogen-bond donors (Lipinski definition) is 3.